The van der Waals surface area contributed by atoms with E-state index in [0.717, 1.165) is 38.9 Å². The Morgan fingerprint density at radius 2 is 0.962 bits per heavy atom. The molecule has 52 heavy (non-hydrogen) atoms. The fraction of sp³-hybridized carbons (Fsp3) is 0.0612. The van der Waals surface area contributed by atoms with E-state index in [1.165, 1.54) is 43.8 Å². The van der Waals surface area contributed by atoms with Crippen molar-refractivity contribution in [3.63, 3.8) is 0 Å². The summed E-state index contributed by atoms with van der Waals surface area (Å²) in [5.74, 6) is 0. The number of hydrogen-bond acceptors (Lipinski definition) is 1. The summed E-state index contributed by atoms with van der Waals surface area (Å²) in [4.78, 5) is 0. The molecule has 0 saturated carbocycles. The normalized spacial score (nSPS) is 10.6. The van der Waals surface area contributed by atoms with E-state index in [2.05, 4.69) is 153 Å². The van der Waals surface area contributed by atoms with Gasteiger partial charge in [-0.3, -0.25) is 0 Å². The van der Waals surface area contributed by atoms with Gasteiger partial charge < -0.3 is 4.74 Å². The summed E-state index contributed by atoms with van der Waals surface area (Å²) in [6, 6.07) is 66.0. The Hall–Kier alpha value is -3.97. The fourth-order valence-electron chi connectivity index (χ4n) is 6.64. The Labute approximate surface area is 358 Å². The molecule has 1 nitrogen and oxygen atoms in total. The predicted molar refractivity (Wildman–Crippen MR) is 211 cm³/mol. The van der Waals surface area contributed by atoms with Crippen molar-refractivity contribution in [2.45, 2.75) is 13.8 Å². The molecule has 2 radical (unpaired) electrons. The van der Waals surface area contributed by atoms with Crippen molar-refractivity contribution in [3.8, 4) is 44.5 Å². The second-order valence-corrected chi connectivity index (χ2v) is 12.2. The average Bonchev–Trinajstić information content (AvgIpc) is 3.17. The minimum Gasteiger partial charge on any atom is -0.504 e. The molecule has 0 saturated heterocycles. The zero-order valence-electron chi connectivity index (χ0n) is 29.7. The van der Waals surface area contributed by atoms with Gasteiger partial charge in [0.05, 0.1) is 13.4 Å². The van der Waals surface area contributed by atoms with E-state index in [4.69, 9.17) is 4.74 Å². The monoisotopic (exact) mass is 818 g/mol. The van der Waals surface area contributed by atoms with Gasteiger partial charge in [-0.1, -0.05) is 109 Å². The number of methoxy groups -OCH3 is 1. The number of hydrogen-bond donors (Lipinski definition) is 0. The number of ether oxygens (including phenoxy) is 1. The smallest absolute Gasteiger partial charge is 0.0830 e. The van der Waals surface area contributed by atoms with Gasteiger partial charge in [0.15, 0.2) is 0 Å². The standard InChI is InChI=1S/C25H18O.C24H18.2Y/c1-26-18-17-20-10-3-5-13-22(20)23-14-6-7-15-25(23)24-16-8-11-19-9-2-4-12-21(19)24;1-17-9-3-5-13-20(17)24-18(2)10-7-16-23(24)22-15-8-12-19-11-4-6-14-21(19)22;;/h2-14,17-18H,1H3;3-14H,1-2H3;;/q2*-2;;/b18-17+;;;. The van der Waals surface area contributed by atoms with E-state index in [1.54, 1.807) is 13.4 Å². The third kappa shape index (κ3) is 8.46. The Balaban J connectivity index is 0.000000194. The minimum atomic E-state index is 0. The molecule has 8 rings (SSSR count). The van der Waals surface area contributed by atoms with Crippen molar-refractivity contribution >= 4 is 27.6 Å². The summed E-state index contributed by atoms with van der Waals surface area (Å²) < 4.78 is 5.11. The first-order valence-corrected chi connectivity index (χ1v) is 16.8. The van der Waals surface area contributed by atoms with Crippen LogP contribution in [0.15, 0.2) is 158 Å². The van der Waals surface area contributed by atoms with Crippen LogP contribution in [0.4, 0.5) is 0 Å². The summed E-state index contributed by atoms with van der Waals surface area (Å²) >= 11 is 0. The Kier molecular flexibility index (Phi) is 14.1. The van der Waals surface area contributed by atoms with Crippen LogP contribution in [0.25, 0.3) is 72.1 Å². The summed E-state index contributed by atoms with van der Waals surface area (Å²) in [5, 5.41) is 4.84. The maximum Gasteiger partial charge on any atom is 0.0830 e. The first-order valence-electron chi connectivity index (χ1n) is 16.8. The maximum absolute atomic E-state index is 5.11. The number of fused-ring (bicyclic) bond motifs is 2. The van der Waals surface area contributed by atoms with Crippen LogP contribution in [0.2, 0.25) is 0 Å². The molecule has 8 aromatic carbocycles. The second kappa shape index (κ2) is 18.7. The van der Waals surface area contributed by atoms with E-state index in [0.29, 0.717) is 0 Å². The number of rotatable bonds is 6. The third-order valence-electron chi connectivity index (χ3n) is 9.05. The number of benzene rings is 8. The first kappa shape index (κ1) is 39.2. The molecule has 0 aliphatic carbocycles. The van der Waals surface area contributed by atoms with Gasteiger partial charge in [0.2, 0.25) is 0 Å². The van der Waals surface area contributed by atoms with Crippen LogP contribution < -0.4 is 0 Å². The summed E-state index contributed by atoms with van der Waals surface area (Å²) in [6.07, 6.45) is 3.69. The minimum absolute atomic E-state index is 0. The van der Waals surface area contributed by atoms with Crippen LogP contribution in [-0.2, 0) is 70.2 Å². The van der Waals surface area contributed by atoms with Gasteiger partial charge in [0.25, 0.3) is 0 Å². The Bertz CT molecular complexity index is 2450. The maximum atomic E-state index is 5.11. The molecule has 0 fully saturated rings. The average molecular weight is 819 g/mol. The van der Waals surface area contributed by atoms with E-state index in [1.807, 2.05) is 42.5 Å². The molecular formula is C49H36OY2-4. The molecule has 8 aromatic rings. The van der Waals surface area contributed by atoms with Crippen LogP contribution in [0.3, 0.4) is 0 Å². The van der Waals surface area contributed by atoms with Crippen LogP contribution in [0.1, 0.15) is 16.7 Å². The second-order valence-electron chi connectivity index (χ2n) is 12.2. The van der Waals surface area contributed by atoms with Gasteiger partial charge in [-0.05, 0) is 18.6 Å². The SMILES string of the molecule is CO/C=C/c1ccccc1-c1ccc[c-]c1-c1[c-]ccc2ccccc12.Cc1ccccc1-c1c(-c2[c-]ccc3ccccc23)[c-]ccc1C.[Y].[Y]. The van der Waals surface area contributed by atoms with Crippen LogP contribution in [-0.4, -0.2) is 7.11 Å². The molecule has 0 aliphatic heterocycles. The summed E-state index contributed by atoms with van der Waals surface area (Å²) in [6.45, 7) is 4.34. The van der Waals surface area contributed by atoms with Crippen LogP contribution in [0.5, 0.6) is 0 Å². The van der Waals surface area contributed by atoms with Crippen molar-refractivity contribution < 1.29 is 70.2 Å². The molecule has 0 bridgehead atoms. The van der Waals surface area contributed by atoms with Gasteiger partial charge in [-0.15, -0.1) is 80.7 Å². The van der Waals surface area contributed by atoms with Gasteiger partial charge in [-0.2, -0.15) is 48.5 Å². The Morgan fingerprint density at radius 1 is 0.442 bits per heavy atom. The molecule has 0 unspecified atom stereocenters. The zero-order chi connectivity index (χ0) is 34.3. The van der Waals surface area contributed by atoms with E-state index < -0.39 is 0 Å². The largest absolute Gasteiger partial charge is 0.504 e. The molecule has 0 heterocycles. The molecule has 248 valence electrons. The molecule has 0 N–H and O–H groups in total. The zero-order valence-corrected chi connectivity index (χ0v) is 35.3. The van der Waals surface area contributed by atoms with Crippen LogP contribution in [0, 0.1) is 38.1 Å². The van der Waals surface area contributed by atoms with Crippen molar-refractivity contribution in [2.75, 3.05) is 7.11 Å². The van der Waals surface area contributed by atoms with E-state index >= 15 is 0 Å². The van der Waals surface area contributed by atoms with Crippen molar-refractivity contribution in [1.82, 2.24) is 0 Å². The summed E-state index contributed by atoms with van der Waals surface area (Å²) in [7, 11) is 1.66. The topological polar surface area (TPSA) is 9.23 Å². The van der Waals surface area contributed by atoms with Crippen molar-refractivity contribution in [3.05, 3.63) is 199 Å². The molecule has 0 spiro atoms. The molecule has 0 amide bonds. The molecule has 3 heteroatoms. The van der Waals surface area contributed by atoms with E-state index in [9.17, 15) is 0 Å². The fourth-order valence-corrected chi connectivity index (χ4v) is 6.64. The van der Waals surface area contributed by atoms with Crippen LogP contribution >= 0.6 is 0 Å². The molecule has 0 atom stereocenters. The number of aryl methyl sites for hydroxylation is 2. The van der Waals surface area contributed by atoms with Crippen molar-refractivity contribution in [2.24, 2.45) is 0 Å². The third-order valence-corrected chi connectivity index (χ3v) is 9.05. The van der Waals surface area contributed by atoms with Gasteiger partial charge in [-0.25, -0.2) is 22.3 Å². The molecular weight excluding hydrogens is 782 g/mol. The quantitative estimate of drug-likeness (QED) is 0.120. The van der Waals surface area contributed by atoms with Gasteiger partial charge in [0.1, 0.15) is 0 Å². The van der Waals surface area contributed by atoms with Gasteiger partial charge >= 0.3 is 0 Å². The predicted octanol–water partition coefficient (Wildman–Crippen LogP) is 12.8. The Morgan fingerprint density at radius 3 is 1.63 bits per heavy atom. The molecule has 0 aromatic heterocycles. The van der Waals surface area contributed by atoms with Crippen molar-refractivity contribution in [1.29, 1.82) is 0 Å². The van der Waals surface area contributed by atoms with E-state index in [-0.39, 0.29) is 65.4 Å². The van der Waals surface area contributed by atoms with Gasteiger partial charge in [0, 0.05) is 65.4 Å². The first-order chi connectivity index (χ1) is 24.6. The molecule has 0 aliphatic rings. The summed E-state index contributed by atoms with van der Waals surface area (Å²) in [5.41, 5.74) is 12.8.